The van der Waals surface area contributed by atoms with Crippen LogP contribution < -0.4 is 19.7 Å². The maximum absolute atomic E-state index is 13.3. The molecule has 33 heavy (non-hydrogen) atoms. The second-order valence-electron chi connectivity index (χ2n) is 7.33. The first kappa shape index (κ1) is 23.8. The molecule has 0 saturated carbocycles. The molecule has 0 aliphatic rings. The highest BCUT2D eigenvalue weighted by atomic mass is 32.2. The van der Waals surface area contributed by atoms with E-state index in [-0.39, 0.29) is 16.4 Å². The summed E-state index contributed by atoms with van der Waals surface area (Å²) in [6.07, 6.45) is 0. The zero-order valence-corrected chi connectivity index (χ0v) is 19.6. The summed E-state index contributed by atoms with van der Waals surface area (Å²) in [5.74, 6) is -0.230. The van der Waals surface area contributed by atoms with Crippen molar-refractivity contribution in [2.24, 2.45) is 0 Å². The maximum Gasteiger partial charge on any atom is 0.264 e. The molecule has 0 aliphatic carbocycles. The van der Waals surface area contributed by atoms with Gasteiger partial charge in [0, 0.05) is 30.9 Å². The minimum absolute atomic E-state index is 0.0207. The van der Waals surface area contributed by atoms with Crippen molar-refractivity contribution in [2.45, 2.75) is 18.7 Å². The summed E-state index contributed by atoms with van der Waals surface area (Å²) in [6, 6.07) is 17.8. The number of para-hydroxylation sites is 2. The van der Waals surface area contributed by atoms with Gasteiger partial charge in [-0.3, -0.25) is 13.9 Å². The molecular weight excluding hydrogens is 442 g/mol. The number of ether oxygens (including phenoxy) is 1. The van der Waals surface area contributed by atoms with E-state index in [1.165, 1.54) is 33.2 Å². The van der Waals surface area contributed by atoms with Gasteiger partial charge in [-0.2, -0.15) is 0 Å². The van der Waals surface area contributed by atoms with E-state index in [0.717, 1.165) is 4.31 Å². The predicted octanol–water partition coefficient (Wildman–Crippen LogP) is 4.04. The lowest BCUT2D eigenvalue weighted by Gasteiger charge is -2.22. The minimum Gasteiger partial charge on any atom is -0.495 e. The summed E-state index contributed by atoms with van der Waals surface area (Å²) in [5, 5.41) is 5.41. The monoisotopic (exact) mass is 467 g/mol. The number of benzene rings is 3. The average molecular weight is 468 g/mol. The van der Waals surface area contributed by atoms with E-state index in [0.29, 0.717) is 28.4 Å². The molecule has 0 saturated heterocycles. The van der Waals surface area contributed by atoms with Gasteiger partial charge in [0.1, 0.15) is 5.75 Å². The number of hydrogen-bond donors (Lipinski definition) is 2. The Bertz CT molecular complexity index is 1290. The quantitative estimate of drug-likeness (QED) is 0.546. The molecule has 0 radical (unpaired) electrons. The lowest BCUT2D eigenvalue weighted by Crippen LogP contribution is -2.27. The van der Waals surface area contributed by atoms with Gasteiger partial charge in [-0.05, 0) is 61.0 Å². The molecule has 172 valence electrons. The van der Waals surface area contributed by atoms with Crippen molar-refractivity contribution in [3.05, 3.63) is 77.9 Å². The number of anilines is 3. The molecule has 3 aromatic rings. The first-order valence-corrected chi connectivity index (χ1v) is 11.5. The third kappa shape index (κ3) is 5.32. The Morgan fingerprint density at radius 2 is 1.52 bits per heavy atom. The van der Waals surface area contributed by atoms with Gasteiger partial charge >= 0.3 is 0 Å². The number of amides is 2. The van der Waals surface area contributed by atoms with Gasteiger partial charge in [0.2, 0.25) is 5.91 Å². The van der Waals surface area contributed by atoms with Crippen LogP contribution in [0.15, 0.2) is 71.6 Å². The number of nitrogens with one attached hydrogen (secondary N) is 2. The molecule has 8 nitrogen and oxygen atoms in total. The van der Waals surface area contributed by atoms with Crippen molar-refractivity contribution in [2.75, 3.05) is 29.1 Å². The lowest BCUT2D eigenvalue weighted by molar-refractivity contribution is -0.114. The van der Waals surface area contributed by atoms with Crippen molar-refractivity contribution in [3.63, 3.8) is 0 Å². The molecule has 0 bridgehead atoms. The van der Waals surface area contributed by atoms with Crippen molar-refractivity contribution < 1.29 is 22.7 Å². The van der Waals surface area contributed by atoms with Crippen LogP contribution in [0.25, 0.3) is 0 Å². The number of sulfonamides is 1. The van der Waals surface area contributed by atoms with Gasteiger partial charge in [0.25, 0.3) is 15.9 Å². The Labute approximate surface area is 193 Å². The zero-order chi connectivity index (χ0) is 24.2. The number of carbonyl (C=O) groups excluding carboxylic acids is 2. The van der Waals surface area contributed by atoms with Crippen LogP contribution in [0, 0.1) is 6.92 Å². The molecule has 0 aromatic heterocycles. The normalized spacial score (nSPS) is 10.9. The Morgan fingerprint density at radius 1 is 0.909 bits per heavy atom. The van der Waals surface area contributed by atoms with Crippen molar-refractivity contribution in [3.8, 4) is 5.75 Å². The molecule has 3 rings (SSSR count). The zero-order valence-electron chi connectivity index (χ0n) is 18.7. The fourth-order valence-corrected chi connectivity index (χ4v) is 4.46. The maximum atomic E-state index is 13.3. The molecular formula is C24H25N3O5S. The Balaban J connectivity index is 1.88. The summed E-state index contributed by atoms with van der Waals surface area (Å²) in [7, 11) is -1.05. The van der Waals surface area contributed by atoms with E-state index < -0.39 is 15.9 Å². The van der Waals surface area contributed by atoms with Crippen molar-refractivity contribution in [1.29, 1.82) is 0 Å². The summed E-state index contributed by atoms with van der Waals surface area (Å²) in [4.78, 5) is 24.0. The van der Waals surface area contributed by atoms with Crippen LogP contribution >= 0.6 is 0 Å². The van der Waals surface area contributed by atoms with E-state index in [1.807, 2.05) is 0 Å². The summed E-state index contributed by atoms with van der Waals surface area (Å²) < 4.78 is 33.0. The van der Waals surface area contributed by atoms with Gasteiger partial charge < -0.3 is 15.4 Å². The molecule has 2 N–H and O–H groups in total. The third-order valence-electron chi connectivity index (χ3n) is 5.00. The largest absolute Gasteiger partial charge is 0.495 e. The molecule has 0 unspecified atom stereocenters. The first-order chi connectivity index (χ1) is 15.6. The SMILES string of the molecule is COc1ccccc1N(C)S(=O)(=O)c1ccc(C)c(C(=O)Nc2ccc(NC(C)=O)cc2)c1. The second kappa shape index (κ2) is 9.74. The van der Waals surface area contributed by atoms with Crippen LogP contribution in [0.1, 0.15) is 22.8 Å². The number of rotatable bonds is 7. The average Bonchev–Trinajstić information content (AvgIpc) is 2.79. The third-order valence-corrected chi connectivity index (χ3v) is 6.77. The van der Waals surface area contributed by atoms with Gasteiger partial charge in [0.05, 0.1) is 17.7 Å². The number of methoxy groups -OCH3 is 1. The molecule has 0 atom stereocenters. The van der Waals surface area contributed by atoms with E-state index in [1.54, 1.807) is 61.5 Å². The van der Waals surface area contributed by atoms with Gasteiger partial charge in [-0.15, -0.1) is 0 Å². The molecule has 0 heterocycles. The Hall–Kier alpha value is -3.85. The van der Waals surface area contributed by atoms with Crippen LogP contribution in [-0.4, -0.2) is 34.4 Å². The van der Waals surface area contributed by atoms with Crippen LogP contribution in [0.3, 0.4) is 0 Å². The molecule has 2 amide bonds. The molecule has 0 aliphatic heterocycles. The highest BCUT2D eigenvalue weighted by Gasteiger charge is 2.25. The van der Waals surface area contributed by atoms with Gasteiger partial charge in [-0.25, -0.2) is 8.42 Å². The molecule has 3 aromatic carbocycles. The highest BCUT2D eigenvalue weighted by Crippen LogP contribution is 2.31. The van der Waals surface area contributed by atoms with E-state index >= 15 is 0 Å². The van der Waals surface area contributed by atoms with E-state index in [4.69, 9.17) is 4.74 Å². The fraction of sp³-hybridized carbons (Fsp3) is 0.167. The summed E-state index contributed by atoms with van der Waals surface area (Å²) >= 11 is 0. The molecule has 0 fully saturated rings. The van der Waals surface area contributed by atoms with E-state index in [2.05, 4.69) is 10.6 Å². The summed E-state index contributed by atoms with van der Waals surface area (Å²) in [5.41, 5.74) is 2.35. The van der Waals surface area contributed by atoms with E-state index in [9.17, 15) is 18.0 Å². The van der Waals surface area contributed by atoms with Crippen LogP contribution in [0.2, 0.25) is 0 Å². The van der Waals surface area contributed by atoms with Crippen LogP contribution in [0.4, 0.5) is 17.1 Å². The Morgan fingerprint density at radius 3 is 2.12 bits per heavy atom. The van der Waals surface area contributed by atoms with Gasteiger partial charge in [-0.1, -0.05) is 18.2 Å². The topological polar surface area (TPSA) is 105 Å². The first-order valence-electron chi connectivity index (χ1n) is 10.0. The van der Waals surface area contributed by atoms with Gasteiger partial charge in [0.15, 0.2) is 0 Å². The fourth-order valence-electron chi connectivity index (χ4n) is 3.22. The standard InChI is InChI=1S/C24H25N3O5S/c1-16-9-14-20(33(30,31)27(3)22-7-5-6-8-23(22)32-4)15-21(16)24(29)26-19-12-10-18(11-13-19)25-17(2)28/h5-15H,1-4H3,(H,25,28)(H,26,29). The minimum atomic E-state index is -3.95. The van der Waals surface area contributed by atoms with Crippen LogP contribution in [-0.2, 0) is 14.8 Å². The number of aryl methyl sites for hydroxylation is 1. The molecule has 9 heteroatoms. The predicted molar refractivity (Wildman–Crippen MR) is 128 cm³/mol. The summed E-state index contributed by atoms with van der Waals surface area (Å²) in [6.45, 7) is 3.14. The van der Waals surface area contributed by atoms with Crippen molar-refractivity contribution >= 4 is 38.9 Å². The number of carbonyl (C=O) groups is 2. The Kier molecular flexibility index (Phi) is 7.03. The number of nitrogens with zero attached hydrogens (tertiary/aromatic N) is 1. The lowest BCUT2D eigenvalue weighted by atomic mass is 10.1. The smallest absolute Gasteiger partial charge is 0.264 e. The van der Waals surface area contributed by atoms with Crippen molar-refractivity contribution in [1.82, 2.24) is 0 Å². The highest BCUT2D eigenvalue weighted by molar-refractivity contribution is 7.92. The number of hydrogen-bond acceptors (Lipinski definition) is 5. The van der Waals surface area contributed by atoms with Crippen LogP contribution in [0.5, 0.6) is 5.75 Å². The molecule has 0 spiro atoms. The second-order valence-corrected chi connectivity index (χ2v) is 9.30.